The Balaban J connectivity index is 4.22. The van der Waals surface area contributed by atoms with Crippen LogP contribution in [0.3, 0.4) is 0 Å². The van der Waals surface area contributed by atoms with Crippen LogP contribution in [0.1, 0.15) is 32.1 Å². The quantitative estimate of drug-likeness (QED) is 0.0934. The summed E-state index contributed by atoms with van der Waals surface area (Å²) < 4.78 is 32.1. The first-order chi connectivity index (χ1) is 14.8. The molecule has 0 aromatic carbocycles. The lowest BCUT2D eigenvalue weighted by Gasteiger charge is -2.38. The van der Waals surface area contributed by atoms with E-state index in [1.54, 1.807) is 0 Å². The van der Waals surface area contributed by atoms with Gasteiger partial charge in [-0.15, -0.1) is 0 Å². The minimum absolute atomic E-state index is 0.328. The van der Waals surface area contributed by atoms with Gasteiger partial charge >= 0.3 is 20.9 Å². The van der Waals surface area contributed by atoms with Crippen molar-refractivity contribution in [2.75, 3.05) is 13.2 Å². The molecule has 11 heteroatoms. The summed E-state index contributed by atoms with van der Waals surface area (Å²) >= 11 is 0. The maximum Gasteiger partial charge on any atom is 0.513 e. The van der Waals surface area contributed by atoms with Gasteiger partial charge in [-0.25, -0.2) is 9.59 Å². The topological polar surface area (TPSA) is 89.5 Å². The van der Waals surface area contributed by atoms with Gasteiger partial charge in [0.2, 0.25) is 0 Å². The molecule has 0 fully saturated rings. The third-order valence-corrected chi connectivity index (χ3v) is 15.9. The highest BCUT2D eigenvalue weighted by Gasteiger charge is 2.39. The zero-order valence-corrected chi connectivity index (χ0v) is 23.7. The Bertz CT molecular complexity index is 594. The first-order valence-corrected chi connectivity index (χ1v) is 20.2. The Morgan fingerprint density at radius 1 is 0.656 bits per heavy atom. The normalized spacial score (nSPS) is 12.1. The molecule has 0 spiro atoms. The van der Waals surface area contributed by atoms with Crippen LogP contribution in [0.5, 0.6) is 0 Å². The number of rotatable bonds is 17. The Hall–Kier alpha value is -1.41. The predicted octanol–water partition coefficient (Wildman–Crippen LogP) is 6.68. The number of ether oxygens (including phenoxy) is 4. The zero-order chi connectivity index (χ0) is 24.7. The van der Waals surface area contributed by atoms with Crippen molar-refractivity contribution >= 4 is 37.5 Å². The number of hydrogen-bond acceptors (Lipinski definition) is 8. The molecule has 0 bridgehead atoms. The van der Waals surface area contributed by atoms with Crippen LogP contribution in [-0.2, 0) is 27.2 Å². The second kappa shape index (κ2) is 15.4. The summed E-state index contributed by atoms with van der Waals surface area (Å²) in [5, 5.41) is 0. The van der Waals surface area contributed by atoms with Crippen molar-refractivity contribution in [3.63, 3.8) is 0 Å². The SMILES string of the molecule is C=COC(=O)OCCCCC[Si](C)(C)O[Si](C)(C)O[Si](C)(C)CCCCOC(=O)OC=C. The molecule has 0 N–H and O–H groups in total. The minimum Gasteiger partial charge on any atom is -0.437 e. The molecule has 0 rings (SSSR count). The van der Waals surface area contributed by atoms with Crippen LogP contribution in [0, 0.1) is 0 Å². The third kappa shape index (κ3) is 17.2. The fourth-order valence-electron chi connectivity index (χ4n) is 3.45. The minimum atomic E-state index is -2.26. The van der Waals surface area contributed by atoms with Gasteiger partial charge in [-0.05, 0) is 64.2 Å². The molecule has 0 heterocycles. The maximum atomic E-state index is 11.1. The second-order valence-electron chi connectivity index (χ2n) is 9.16. The molecule has 0 aromatic rings. The van der Waals surface area contributed by atoms with Gasteiger partial charge in [-0.3, -0.25) is 0 Å². The van der Waals surface area contributed by atoms with Crippen molar-refractivity contribution < 1.29 is 36.8 Å². The first-order valence-electron chi connectivity index (χ1n) is 11.1. The molecule has 0 aliphatic heterocycles. The monoisotopic (exact) mass is 506 g/mol. The highest BCUT2D eigenvalue weighted by Crippen LogP contribution is 2.26. The van der Waals surface area contributed by atoms with Gasteiger partial charge < -0.3 is 27.2 Å². The molecule has 0 radical (unpaired) electrons. The van der Waals surface area contributed by atoms with E-state index in [-0.39, 0.29) is 0 Å². The molecule has 0 aliphatic carbocycles. The zero-order valence-electron chi connectivity index (χ0n) is 20.7. The summed E-state index contributed by atoms with van der Waals surface area (Å²) in [4.78, 5) is 22.2. The van der Waals surface area contributed by atoms with Crippen LogP contribution in [-0.4, -0.2) is 50.7 Å². The van der Waals surface area contributed by atoms with Crippen molar-refractivity contribution in [3.05, 3.63) is 25.7 Å². The smallest absolute Gasteiger partial charge is 0.437 e. The van der Waals surface area contributed by atoms with Gasteiger partial charge in [0.25, 0.3) is 0 Å². The Kier molecular flexibility index (Phi) is 14.8. The van der Waals surface area contributed by atoms with Crippen LogP contribution in [0.15, 0.2) is 25.7 Å². The average molecular weight is 507 g/mol. The Morgan fingerprint density at radius 3 is 1.44 bits per heavy atom. The van der Waals surface area contributed by atoms with E-state index in [1.165, 1.54) is 0 Å². The van der Waals surface area contributed by atoms with Crippen molar-refractivity contribution in [3.8, 4) is 0 Å². The Morgan fingerprint density at radius 2 is 1.03 bits per heavy atom. The molecule has 8 nitrogen and oxygen atoms in total. The van der Waals surface area contributed by atoms with Crippen LogP contribution in [0.4, 0.5) is 9.59 Å². The molecular weight excluding hydrogens is 464 g/mol. The number of carbonyl (C=O) groups is 2. The second-order valence-corrected chi connectivity index (χ2v) is 21.6. The molecule has 32 heavy (non-hydrogen) atoms. The van der Waals surface area contributed by atoms with E-state index in [0.29, 0.717) is 13.2 Å². The number of carbonyl (C=O) groups excluding carboxylic acids is 2. The summed E-state index contributed by atoms with van der Waals surface area (Å²) in [6.45, 7) is 20.4. The maximum absolute atomic E-state index is 11.1. The molecule has 0 aromatic heterocycles. The summed E-state index contributed by atoms with van der Waals surface area (Å²) in [6.07, 6.45) is 5.17. The van der Waals surface area contributed by atoms with E-state index in [1.807, 2.05) is 0 Å². The van der Waals surface area contributed by atoms with E-state index in [2.05, 4.69) is 61.9 Å². The lowest BCUT2D eigenvalue weighted by molar-refractivity contribution is 0.0825. The molecule has 0 amide bonds. The third-order valence-electron chi connectivity index (χ3n) is 4.44. The van der Waals surface area contributed by atoms with Gasteiger partial charge in [-0.1, -0.05) is 32.4 Å². The highest BCUT2D eigenvalue weighted by molar-refractivity contribution is 6.87. The van der Waals surface area contributed by atoms with E-state index in [4.69, 9.17) is 17.7 Å². The van der Waals surface area contributed by atoms with Crippen molar-refractivity contribution in [2.24, 2.45) is 0 Å². The van der Waals surface area contributed by atoms with E-state index in [9.17, 15) is 9.59 Å². The Labute approximate surface area is 196 Å². The van der Waals surface area contributed by atoms with Crippen molar-refractivity contribution in [1.82, 2.24) is 0 Å². The fourth-order valence-corrected chi connectivity index (χ4v) is 17.7. The first kappa shape index (κ1) is 30.6. The van der Waals surface area contributed by atoms with Crippen LogP contribution >= 0.6 is 0 Å². The van der Waals surface area contributed by atoms with Gasteiger partial charge in [-0.2, -0.15) is 0 Å². The number of hydrogen-bond donors (Lipinski definition) is 0. The van der Waals surface area contributed by atoms with Gasteiger partial charge in [0.05, 0.1) is 25.7 Å². The molecule has 0 saturated heterocycles. The van der Waals surface area contributed by atoms with E-state index >= 15 is 0 Å². The van der Waals surface area contributed by atoms with Gasteiger partial charge in [0.15, 0.2) is 16.6 Å². The van der Waals surface area contributed by atoms with Crippen molar-refractivity contribution in [1.29, 1.82) is 0 Å². The molecule has 0 aliphatic rings. The average Bonchev–Trinajstić information content (AvgIpc) is 2.62. The van der Waals surface area contributed by atoms with Crippen LogP contribution < -0.4 is 0 Å². The van der Waals surface area contributed by atoms with Gasteiger partial charge in [0, 0.05) is 0 Å². The molecule has 0 atom stereocenters. The molecule has 0 saturated carbocycles. The molecule has 186 valence electrons. The lowest BCUT2D eigenvalue weighted by atomic mass is 10.3. The molecule has 0 unspecified atom stereocenters. The standard InChI is InChI=1S/C21H42O8Si3/c1-9-24-20(22)26-16-12-11-14-18-30(3,4)28-32(7,8)29-31(5,6)19-15-13-17-27-21(23)25-10-2/h9-10H,1-2,11-19H2,3-8H3. The van der Waals surface area contributed by atoms with E-state index in [0.717, 1.165) is 56.7 Å². The van der Waals surface area contributed by atoms with Crippen LogP contribution in [0.2, 0.25) is 51.4 Å². The summed E-state index contributed by atoms with van der Waals surface area (Å²) in [5.74, 6) is 0. The summed E-state index contributed by atoms with van der Waals surface area (Å²) in [7, 11) is -6.02. The highest BCUT2D eigenvalue weighted by atomic mass is 28.5. The van der Waals surface area contributed by atoms with Crippen molar-refractivity contribution in [2.45, 2.75) is 83.5 Å². The summed E-state index contributed by atoms with van der Waals surface area (Å²) in [5.41, 5.74) is 0. The number of unbranched alkanes of at least 4 members (excludes halogenated alkanes) is 3. The van der Waals surface area contributed by atoms with Crippen LogP contribution in [0.25, 0.3) is 0 Å². The lowest BCUT2D eigenvalue weighted by Crippen LogP contribution is -2.52. The fraction of sp³-hybridized carbons (Fsp3) is 0.714. The largest absolute Gasteiger partial charge is 0.513 e. The molecular formula is C21H42O8Si3. The predicted molar refractivity (Wildman–Crippen MR) is 133 cm³/mol. The van der Waals surface area contributed by atoms with Gasteiger partial charge in [0.1, 0.15) is 0 Å². The van der Waals surface area contributed by atoms with E-state index < -0.39 is 37.5 Å². The summed E-state index contributed by atoms with van der Waals surface area (Å²) in [6, 6.07) is 2.01.